The van der Waals surface area contributed by atoms with Crippen LogP contribution in [0.2, 0.25) is 5.02 Å². The summed E-state index contributed by atoms with van der Waals surface area (Å²) in [5.74, 6) is 0.456. The van der Waals surface area contributed by atoms with Crippen molar-refractivity contribution in [1.82, 2.24) is 9.78 Å². The van der Waals surface area contributed by atoms with Crippen LogP contribution in [-0.4, -0.2) is 9.78 Å². The highest BCUT2D eigenvalue weighted by atomic mass is 35.5. The molecule has 18 heavy (non-hydrogen) atoms. The Morgan fingerprint density at radius 3 is 2.67 bits per heavy atom. The Hall–Kier alpha value is -2.20. The molecular weight excluding hydrogens is 248 g/mol. The number of nitrogens with zero attached hydrogens (tertiary/aromatic N) is 2. The van der Waals surface area contributed by atoms with E-state index in [1.165, 1.54) is 0 Å². The lowest BCUT2D eigenvalue weighted by Crippen LogP contribution is -1.97. The molecule has 0 saturated heterocycles. The minimum atomic E-state index is 0.456. The van der Waals surface area contributed by atoms with Crippen molar-refractivity contribution in [3.05, 3.63) is 47.5 Å². The average Bonchev–Trinajstić information content (AvgIpc) is 2.67. The van der Waals surface area contributed by atoms with Crippen molar-refractivity contribution < 1.29 is 0 Å². The van der Waals surface area contributed by atoms with Crippen molar-refractivity contribution >= 4 is 34.0 Å². The lowest BCUT2D eigenvalue weighted by atomic mass is 10.2. The molecule has 90 valence electrons. The number of nitrogen functional groups attached to an aromatic ring is 2. The molecule has 0 bridgehead atoms. The van der Waals surface area contributed by atoms with Gasteiger partial charge in [0.25, 0.3) is 0 Å². The topological polar surface area (TPSA) is 69.9 Å². The zero-order valence-corrected chi connectivity index (χ0v) is 10.2. The van der Waals surface area contributed by atoms with Gasteiger partial charge in [0.05, 0.1) is 11.2 Å². The number of nitrogens with two attached hydrogens (primary N) is 2. The SMILES string of the molecule is Nc1ccc2c(c1)c(N)nn2-c1cccc(Cl)c1. The van der Waals surface area contributed by atoms with Crippen LogP contribution < -0.4 is 11.5 Å². The third kappa shape index (κ3) is 1.67. The molecule has 0 atom stereocenters. The summed E-state index contributed by atoms with van der Waals surface area (Å²) in [6.45, 7) is 0. The number of rotatable bonds is 1. The second-order valence-corrected chi connectivity index (χ2v) is 4.49. The average molecular weight is 259 g/mol. The van der Waals surface area contributed by atoms with Crippen LogP contribution in [-0.2, 0) is 0 Å². The van der Waals surface area contributed by atoms with E-state index in [4.69, 9.17) is 23.1 Å². The van der Waals surface area contributed by atoms with Crippen molar-refractivity contribution in [3.8, 4) is 5.69 Å². The maximum Gasteiger partial charge on any atom is 0.153 e. The van der Waals surface area contributed by atoms with E-state index in [1.807, 2.05) is 42.5 Å². The summed E-state index contributed by atoms with van der Waals surface area (Å²) in [6.07, 6.45) is 0. The van der Waals surface area contributed by atoms with Gasteiger partial charge in [-0.3, -0.25) is 0 Å². The highest BCUT2D eigenvalue weighted by molar-refractivity contribution is 6.30. The van der Waals surface area contributed by atoms with Gasteiger partial charge < -0.3 is 11.5 Å². The molecule has 3 aromatic rings. The molecule has 0 amide bonds. The Bertz CT molecular complexity index is 733. The molecule has 0 radical (unpaired) electrons. The van der Waals surface area contributed by atoms with Crippen molar-refractivity contribution in [2.24, 2.45) is 0 Å². The predicted octanol–water partition coefficient (Wildman–Crippen LogP) is 2.84. The summed E-state index contributed by atoms with van der Waals surface area (Å²) in [4.78, 5) is 0. The molecule has 3 rings (SSSR count). The van der Waals surface area contributed by atoms with Gasteiger partial charge in [0.15, 0.2) is 5.82 Å². The molecule has 0 saturated carbocycles. The fourth-order valence-corrected chi connectivity index (χ4v) is 2.15. The van der Waals surface area contributed by atoms with Gasteiger partial charge in [-0.05, 0) is 36.4 Å². The normalized spacial score (nSPS) is 10.9. The molecule has 2 aromatic carbocycles. The van der Waals surface area contributed by atoms with E-state index in [9.17, 15) is 0 Å². The Morgan fingerprint density at radius 2 is 1.89 bits per heavy atom. The van der Waals surface area contributed by atoms with Crippen LogP contribution in [0.3, 0.4) is 0 Å². The summed E-state index contributed by atoms with van der Waals surface area (Å²) in [5.41, 5.74) is 14.1. The maximum absolute atomic E-state index is 5.99. The molecule has 0 aliphatic heterocycles. The number of hydrogen-bond acceptors (Lipinski definition) is 3. The third-order valence-corrected chi connectivity index (χ3v) is 3.02. The molecule has 1 aromatic heterocycles. The molecule has 0 aliphatic carbocycles. The van der Waals surface area contributed by atoms with Gasteiger partial charge in [-0.2, -0.15) is 0 Å². The highest BCUT2D eigenvalue weighted by Gasteiger charge is 2.09. The van der Waals surface area contributed by atoms with Gasteiger partial charge in [-0.25, -0.2) is 4.68 Å². The number of benzene rings is 2. The first-order valence-corrected chi connectivity index (χ1v) is 5.82. The molecule has 0 unspecified atom stereocenters. The summed E-state index contributed by atoms with van der Waals surface area (Å²) in [6, 6.07) is 13.0. The Balaban J connectivity index is 2.30. The van der Waals surface area contributed by atoms with Gasteiger partial charge in [0, 0.05) is 16.1 Å². The minimum absolute atomic E-state index is 0.456. The molecule has 0 aliphatic rings. The number of anilines is 2. The van der Waals surface area contributed by atoms with Gasteiger partial charge in [-0.15, -0.1) is 5.10 Å². The van der Waals surface area contributed by atoms with E-state index in [2.05, 4.69) is 5.10 Å². The van der Waals surface area contributed by atoms with Crippen molar-refractivity contribution in [2.45, 2.75) is 0 Å². The van der Waals surface area contributed by atoms with Crippen LogP contribution in [0.25, 0.3) is 16.6 Å². The van der Waals surface area contributed by atoms with E-state index >= 15 is 0 Å². The number of halogens is 1. The van der Waals surface area contributed by atoms with Gasteiger partial charge >= 0.3 is 0 Å². The van der Waals surface area contributed by atoms with Crippen LogP contribution in [0.15, 0.2) is 42.5 Å². The van der Waals surface area contributed by atoms with Crippen LogP contribution in [0.4, 0.5) is 11.5 Å². The molecule has 1 heterocycles. The van der Waals surface area contributed by atoms with Crippen LogP contribution in [0.1, 0.15) is 0 Å². The number of fused-ring (bicyclic) bond motifs is 1. The molecular formula is C13H11ClN4. The van der Waals surface area contributed by atoms with E-state index < -0.39 is 0 Å². The van der Waals surface area contributed by atoms with Gasteiger partial charge in [-0.1, -0.05) is 17.7 Å². The Labute approximate surface area is 109 Å². The smallest absolute Gasteiger partial charge is 0.153 e. The quantitative estimate of drug-likeness (QED) is 0.660. The second-order valence-electron chi connectivity index (χ2n) is 4.05. The van der Waals surface area contributed by atoms with E-state index in [1.54, 1.807) is 4.68 Å². The first-order valence-electron chi connectivity index (χ1n) is 5.45. The summed E-state index contributed by atoms with van der Waals surface area (Å²) >= 11 is 5.99. The van der Waals surface area contributed by atoms with E-state index in [0.717, 1.165) is 16.6 Å². The van der Waals surface area contributed by atoms with Crippen LogP contribution in [0.5, 0.6) is 0 Å². The third-order valence-electron chi connectivity index (χ3n) is 2.79. The van der Waals surface area contributed by atoms with Crippen molar-refractivity contribution in [3.63, 3.8) is 0 Å². The highest BCUT2D eigenvalue weighted by Crippen LogP contribution is 2.26. The molecule has 0 spiro atoms. The maximum atomic E-state index is 5.99. The first-order chi connectivity index (χ1) is 8.65. The molecule has 4 nitrogen and oxygen atoms in total. The van der Waals surface area contributed by atoms with Gasteiger partial charge in [0.2, 0.25) is 0 Å². The number of hydrogen-bond donors (Lipinski definition) is 2. The zero-order valence-electron chi connectivity index (χ0n) is 9.47. The van der Waals surface area contributed by atoms with E-state index in [0.29, 0.717) is 16.5 Å². The zero-order chi connectivity index (χ0) is 12.7. The first kappa shape index (κ1) is 10.9. The van der Waals surface area contributed by atoms with Crippen molar-refractivity contribution in [1.29, 1.82) is 0 Å². The lowest BCUT2D eigenvalue weighted by Gasteiger charge is -2.03. The second kappa shape index (κ2) is 3.92. The summed E-state index contributed by atoms with van der Waals surface area (Å²) in [7, 11) is 0. The van der Waals surface area contributed by atoms with Crippen LogP contribution >= 0.6 is 11.6 Å². The standard InChI is InChI=1S/C13H11ClN4/c14-8-2-1-3-10(6-8)18-12-5-4-9(15)7-11(12)13(16)17-18/h1-7H,15H2,(H2,16,17). The minimum Gasteiger partial charge on any atom is -0.399 e. The van der Waals surface area contributed by atoms with Crippen molar-refractivity contribution in [2.75, 3.05) is 11.5 Å². The van der Waals surface area contributed by atoms with Crippen LogP contribution in [0, 0.1) is 0 Å². The monoisotopic (exact) mass is 258 g/mol. The molecule has 4 N–H and O–H groups in total. The predicted molar refractivity (Wildman–Crippen MR) is 74.9 cm³/mol. The fourth-order valence-electron chi connectivity index (χ4n) is 1.96. The molecule has 5 heteroatoms. The molecule has 0 fully saturated rings. The van der Waals surface area contributed by atoms with E-state index in [-0.39, 0.29) is 0 Å². The van der Waals surface area contributed by atoms with Gasteiger partial charge in [0.1, 0.15) is 0 Å². The summed E-state index contributed by atoms with van der Waals surface area (Å²) in [5, 5.41) is 5.82. The fraction of sp³-hybridized carbons (Fsp3) is 0. The number of aromatic nitrogens is 2. The largest absolute Gasteiger partial charge is 0.399 e. The Morgan fingerprint density at radius 1 is 1.06 bits per heavy atom. The Kier molecular flexibility index (Phi) is 2.38. The summed E-state index contributed by atoms with van der Waals surface area (Å²) < 4.78 is 1.76. The lowest BCUT2D eigenvalue weighted by molar-refractivity contribution is 0.917.